The maximum Gasteiger partial charge on any atom is 0.262 e. The number of hydrogen-bond acceptors (Lipinski definition) is 4. The van der Waals surface area contributed by atoms with Crippen LogP contribution in [0.5, 0.6) is 5.75 Å². The van der Waals surface area contributed by atoms with E-state index in [1.165, 1.54) is 0 Å². The van der Waals surface area contributed by atoms with Crippen molar-refractivity contribution in [1.82, 2.24) is 4.90 Å². The molecular weight excluding hydrogens is 356 g/mol. The fourth-order valence-corrected chi connectivity index (χ4v) is 3.16. The van der Waals surface area contributed by atoms with Crippen molar-refractivity contribution in [2.75, 3.05) is 25.0 Å². The average Bonchev–Trinajstić information content (AvgIpc) is 2.68. The first-order valence-electron chi connectivity index (χ1n) is 9.54. The molecule has 0 saturated carbocycles. The molecule has 0 unspecified atom stereocenters. The number of nitrogens with one attached hydrogen (secondary N) is 1. The molecule has 1 aliphatic heterocycles. The highest BCUT2D eigenvalue weighted by Gasteiger charge is 2.21. The molecule has 1 heterocycles. The van der Waals surface area contributed by atoms with Crippen LogP contribution in [0.2, 0.25) is 0 Å². The standard InChI is InChI=1S/C22H26N2O4/c1-16-3-2-4-20(13-16)28-15-21(26)23-18-7-5-17(6-8-18)14-22(27)24-11-9-19(25)10-12-24/h2-8,13,19,25H,9-12,14-15H2,1H3,(H,23,26). The Labute approximate surface area is 165 Å². The number of carbonyl (C=O) groups excluding carboxylic acids is 2. The molecule has 0 radical (unpaired) electrons. The van der Waals surface area contributed by atoms with Gasteiger partial charge in [0.2, 0.25) is 5.91 Å². The molecule has 0 bridgehead atoms. The molecule has 2 amide bonds. The van der Waals surface area contributed by atoms with Crippen LogP contribution in [0.3, 0.4) is 0 Å². The van der Waals surface area contributed by atoms with Gasteiger partial charge >= 0.3 is 0 Å². The Morgan fingerprint density at radius 2 is 1.86 bits per heavy atom. The number of benzene rings is 2. The number of amides is 2. The minimum absolute atomic E-state index is 0.0650. The first-order chi connectivity index (χ1) is 13.5. The van der Waals surface area contributed by atoms with E-state index in [-0.39, 0.29) is 24.5 Å². The Balaban J connectivity index is 1.46. The summed E-state index contributed by atoms with van der Waals surface area (Å²) in [6, 6.07) is 14.8. The molecule has 2 N–H and O–H groups in total. The van der Waals surface area contributed by atoms with Crippen molar-refractivity contribution in [3.63, 3.8) is 0 Å². The summed E-state index contributed by atoms with van der Waals surface area (Å²) in [5, 5.41) is 12.3. The summed E-state index contributed by atoms with van der Waals surface area (Å²) in [7, 11) is 0. The van der Waals surface area contributed by atoms with Gasteiger partial charge in [-0.1, -0.05) is 24.3 Å². The number of ether oxygens (including phenoxy) is 1. The largest absolute Gasteiger partial charge is 0.484 e. The summed E-state index contributed by atoms with van der Waals surface area (Å²) in [4.78, 5) is 26.2. The summed E-state index contributed by atoms with van der Waals surface area (Å²) in [5.41, 5.74) is 2.63. The number of aliphatic hydroxyl groups is 1. The van der Waals surface area contributed by atoms with E-state index < -0.39 is 0 Å². The number of aliphatic hydroxyl groups excluding tert-OH is 1. The van der Waals surface area contributed by atoms with E-state index in [1.54, 1.807) is 17.0 Å². The average molecular weight is 382 g/mol. The second-order valence-electron chi connectivity index (χ2n) is 7.14. The van der Waals surface area contributed by atoms with Crippen LogP contribution >= 0.6 is 0 Å². The third-order valence-corrected chi connectivity index (χ3v) is 4.77. The van der Waals surface area contributed by atoms with Gasteiger partial charge in [-0.3, -0.25) is 9.59 Å². The van der Waals surface area contributed by atoms with Crippen molar-refractivity contribution in [2.45, 2.75) is 32.3 Å². The molecule has 6 nitrogen and oxygen atoms in total. The van der Waals surface area contributed by atoms with Gasteiger partial charge in [-0.2, -0.15) is 0 Å². The Morgan fingerprint density at radius 1 is 1.14 bits per heavy atom. The lowest BCUT2D eigenvalue weighted by Gasteiger charge is -2.29. The molecule has 3 rings (SSSR count). The van der Waals surface area contributed by atoms with Crippen molar-refractivity contribution in [1.29, 1.82) is 0 Å². The zero-order valence-corrected chi connectivity index (χ0v) is 16.1. The first kappa shape index (κ1) is 19.9. The van der Waals surface area contributed by atoms with Crippen molar-refractivity contribution in [3.8, 4) is 5.75 Å². The first-order valence-corrected chi connectivity index (χ1v) is 9.54. The van der Waals surface area contributed by atoms with E-state index in [4.69, 9.17) is 4.74 Å². The highest BCUT2D eigenvalue weighted by molar-refractivity contribution is 5.92. The summed E-state index contributed by atoms with van der Waals surface area (Å²) in [5.74, 6) is 0.488. The van der Waals surface area contributed by atoms with E-state index in [1.807, 2.05) is 43.3 Å². The lowest BCUT2D eigenvalue weighted by Crippen LogP contribution is -2.40. The van der Waals surface area contributed by atoms with Crippen LogP contribution in [0.15, 0.2) is 48.5 Å². The third-order valence-electron chi connectivity index (χ3n) is 4.77. The van der Waals surface area contributed by atoms with Gasteiger partial charge in [-0.05, 0) is 55.2 Å². The van der Waals surface area contributed by atoms with Crippen LogP contribution in [0.1, 0.15) is 24.0 Å². The van der Waals surface area contributed by atoms with Gasteiger partial charge in [0.15, 0.2) is 6.61 Å². The van der Waals surface area contributed by atoms with Crippen molar-refractivity contribution < 1.29 is 19.4 Å². The number of nitrogens with zero attached hydrogens (tertiary/aromatic N) is 1. The Bertz CT molecular complexity index is 812. The number of anilines is 1. The number of rotatable bonds is 6. The van der Waals surface area contributed by atoms with Crippen LogP contribution in [-0.4, -0.2) is 47.6 Å². The topological polar surface area (TPSA) is 78.9 Å². The summed E-state index contributed by atoms with van der Waals surface area (Å²) in [6.45, 7) is 3.11. The molecule has 0 aromatic heterocycles. The summed E-state index contributed by atoms with van der Waals surface area (Å²) < 4.78 is 5.49. The van der Waals surface area contributed by atoms with E-state index in [9.17, 15) is 14.7 Å². The van der Waals surface area contributed by atoms with Crippen LogP contribution in [0.4, 0.5) is 5.69 Å². The second kappa shape index (κ2) is 9.37. The minimum Gasteiger partial charge on any atom is -0.484 e. The van der Waals surface area contributed by atoms with E-state index in [2.05, 4.69) is 5.32 Å². The minimum atomic E-state index is -0.290. The summed E-state index contributed by atoms with van der Waals surface area (Å²) >= 11 is 0. The van der Waals surface area contributed by atoms with Gasteiger partial charge in [-0.15, -0.1) is 0 Å². The number of likely N-dealkylation sites (tertiary alicyclic amines) is 1. The van der Waals surface area contributed by atoms with Gasteiger partial charge < -0.3 is 20.1 Å². The van der Waals surface area contributed by atoms with Crippen molar-refractivity contribution >= 4 is 17.5 Å². The molecular formula is C22H26N2O4. The predicted octanol–water partition coefficient (Wildman–Crippen LogP) is 2.54. The van der Waals surface area contributed by atoms with Crippen LogP contribution < -0.4 is 10.1 Å². The molecule has 28 heavy (non-hydrogen) atoms. The maximum absolute atomic E-state index is 12.3. The third kappa shape index (κ3) is 5.82. The Morgan fingerprint density at radius 3 is 2.54 bits per heavy atom. The smallest absolute Gasteiger partial charge is 0.262 e. The number of piperidine rings is 1. The molecule has 0 atom stereocenters. The lowest BCUT2D eigenvalue weighted by atomic mass is 10.1. The monoisotopic (exact) mass is 382 g/mol. The van der Waals surface area contributed by atoms with Crippen molar-refractivity contribution in [3.05, 3.63) is 59.7 Å². The van der Waals surface area contributed by atoms with Crippen LogP contribution in [-0.2, 0) is 16.0 Å². The summed E-state index contributed by atoms with van der Waals surface area (Å²) in [6.07, 6.45) is 1.31. The SMILES string of the molecule is Cc1cccc(OCC(=O)Nc2ccc(CC(=O)N3CCC(O)CC3)cc2)c1. The van der Waals surface area contributed by atoms with E-state index >= 15 is 0 Å². The fourth-order valence-electron chi connectivity index (χ4n) is 3.16. The molecule has 0 spiro atoms. The number of hydrogen-bond donors (Lipinski definition) is 2. The zero-order chi connectivity index (χ0) is 19.9. The quantitative estimate of drug-likeness (QED) is 0.805. The molecule has 6 heteroatoms. The van der Waals surface area contributed by atoms with Gasteiger partial charge in [0, 0.05) is 18.8 Å². The molecule has 0 aliphatic carbocycles. The fraction of sp³-hybridized carbons (Fsp3) is 0.364. The number of aryl methyl sites for hydroxylation is 1. The molecule has 1 fully saturated rings. The number of carbonyl (C=O) groups is 2. The molecule has 148 valence electrons. The van der Waals surface area contributed by atoms with Gasteiger partial charge in [0.05, 0.1) is 12.5 Å². The lowest BCUT2D eigenvalue weighted by molar-refractivity contribution is -0.132. The highest BCUT2D eigenvalue weighted by Crippen LogP contribution is 2.15. The Hall–Kier alpha value is -2.86. The van der Waals surface area contributed by atoms with Gasteiger partial charge in [0.1, 0.15) is 5.75 Å². The normalized spacial score (nSPS) is 14.6. The van der Waals surface area contributed by atoms with Crippen molar-refractivity contribution in [2.24, 2.45) is 0 Å². The molecule has 2 aromatic carbocycles. The van der Waals surface area contributed by atoms with Gasteiger partial charge in [-0.25, -0.2) is 0 Å². The molecule has 2 aromatic rings. The predicted molar refractivity (Wildman–Crippen MR) is 107 cm³/mol. The second-order valence-corrected chi connectivity index (χ2v) is 7.14. The van der Waals surface area contributed by atoms with E-state index in [0.29, 0.717) is 43.8 Å². The van der Waals surface area contributed by atoms with Gasteiger partial charge in [0.25, 0.3) is 5.91 Å². The van der Waals surface area contributed by atoms with Crippen LogP contribution in [0, 0.1) is 6.92 Å². The maximum atomic E-state index is 12.3. The van der Waals surface area contributed by atoms with E-state index in [0.717, 1.165) is 11.1 Å². The Kier molecular flexibility index (Phi) is 6.66. The molecule has 1 saturated heterocycles. The highest BCUT2D eigenvalue weighted by atomic mass is 16.5. The van der Waals surface area contributed by atoms with Crippen LogP contribution in [0.25, 0.3) is 0 Å². The molecule has 1 aliphatic rings. The zero-order valence-electron chi connectivity index (χ0n) is 16.1.